The summed E-state index contributed by atoms with van der Waals surface area (Å²) in [7, 11) is -0.899. The van der Waals surface area contributed by atoms with Crippen LogP contribution in [0.2, 0.25) is 0 Å². The Labute approximate surface area is 120 Å². The number of benzene rings is 1. The monoisotopic (exact) mass is 326 g/mol. The van der Waals surface area contributed by atoms with Crippen LogP contribution in [0.1, 0.15) is 45.1 Å². The summed E-state index contributed by atoms with van der Waals surface area (Å²) >= 11 is 3.46. The predicted molar refractivity (Wildman–Crippen MR) is 82.1 cm³/mol. The highest BCUT2D eigenvalue weighted by Crippen LogP contribution is 2.40. The predicted octanol–water partition coefficient (Wildman–Crippen LogP) is 4.76. The van der Waals surface area contributed by atoms with E-state index in [1.165, 1.54) is 5.56 Å². The number of halogens is 1. The van der Waals surface area contributed by atoms with Crippen LogP contribution in [0.5, 0.6) is 0 Å². The number of hydrogen-bond acceptors (Lipinski definition) is 1. The summed E-state index contributed by atoms with van der Waals surface area (Å²) in [6.45, 7) is 6.13. The SMILES string of the molecule is CC(C)(C)[S@@](=O)C1=CCC[C@H]1c1ccc(Br)cc1. The second-order valence-electron chi connectivity index (χ2n) is 5.67. The van der Waals surface area contributed by atoms with E-state index >= 15 is 0 Å². The topological polar surface area (TPSA) is 17.1 Å². The molecule has 1 aromatic carbocycles. The molecule has 1 aromatic rings. The van der Waals surface area contributed by atoms with E-state index in [1.54, 1.807) is 0 Å². The maximum absolute atomic E-state index is 12.6. The number of rotatable bonds is 2. The molecule has 0 saturated carbocycles. The van der Waals surface area contributed by atoms with E-state index in [2.05, 4.69) is 46.3 Å². The first kappa shape index (κ1) is 14.0. The van der Waals surface area contributed by atoms with Crippen molar-refractivity contribution in [1.82, 2.24) is 0 Å². The van der Waals surface area contributed by atoms with Gasteiger partial charge in [-0.2, -0.15) is 0 Å². The minimum atomic E-state index is -0.899. The van der Waals surface area contributed by atoms with Gasteiger partial charge in [0.1, 0.15) is 0 Å². The van der Waals surface area contributed by atoms with Gasteiger partial charge < -0.3 is 0 Å². The van der Waals surface area contributed by atoms with E-state index < -0.39 is 10.8 Å². The van der Waals surface area contributed by atoms with Crippen molar-refractivity contribution in [3.8, 4) is 0 Å². The Bertz CT molecular complexity index is 482. The normalized spacial score (nSPS) is 21.8. The highest BCUT2D eigenvalue weighted by atomic mass is 79.9. The van der Waals surface area contributed by atoms with Crippen LogP contribution in [0, 0.1) is 0 Å². The molecular formula is C15H19BrOS. The van der Waals surface area contributed by atoms with Crippen molar-refractivity contribution in [2.45, 2.75) is 44.3 Å². The lowest BCUT2D eigenvalue weighted by atomic mass is 9.99. The van der Waals surface area contributed by atoms with Gasteiger partial charge in [0.25, 0.3) is 0 Å². The van der Waals surface area contributed by atoms with E-state index in [0.29, 0.717) is 5.92 Å². The Hall–Kier alpha value is -0.410. The Morgan fingerprint density at radius 2 is 1.83 bits per heavy atom. The van der Waals surface area contributed by atoms with Gasteiger partial charge >= 0.3 is 0 Å². The van der Waals surface area contributed by atoms with Gasteiger partial charge in [0.2, 0.25) is 0 Å². The van der Waals surface area contributed by atoms with Gasteiger partial charge in [-0.15, -0.1) is 0 Å². The summed E-state index contributed by atoms with van der Waals surface area (Å²) in [6, 6.07) is 8.39. The Kier molecular flexibility index (Phi) is 4.12. The third kappa shape index (κ3) is 2.94. The van der Waals surface area contributed by atoms with Crippen LogP contribution in [-0.2, 0) is 10.8 Å². The van der Waals surface area contributed by atoms with E-state index in [9.17, 15) is 4.21 Å². The van der Waals surface area contributed by atoms with Crippen molar-refractivity contribution in [3.63, 3.8) is 0 Å². The van der Waals surface area contributed by atoms with Crippen molar-refractivity contribution in [2.75, 3.05) is 0 Å². The van der Waals surface area contributed by atoms with Gasteiger partial charge in [0, 0.05) is 20.0 Å². The molecule has 0 aromatic heterocycles. The molecule has 0 fully saturated rings. The minimum absolute atomic E-state index is 0.177. The molecule has 1 aliphatic rings. The highest BCUT2D eigenvalue weighted by Gasteiger charge is 2.31. The van der Waals surface area contributed by atoms with Gasteiger partial charge in [-0.25, -0.2) is 0 Å². The second kappa shape index (κ2) is 5.30. The standard InChI is InChI=1S/C15H19BrOS/c1-15(2,3)18(17)14-6-4-5-13(14)11-7-9-12(16)10-8-11/h6-10,13H,4-5H2,1-3H3/t13-,18-/m0/s1. The Morgan fingerprint density at radius 1 is 1.22 bits per heavy atom. The summed E-state index contributed by atoms with van der Waals surface area (Å²) in [5, 5.41) is 0. The van der Waals surface area contributed by atoms with Crippen LogP contribution in [0.25, 0.3) is 0 Å². The van der Waals surface area contributed by atoms with Gasteiger partial charge in [-0.05, 0) is 51.3 Å². The minimum Gasteiger partial charge on any atom is -0.254 e. The molecule has 0 bridgehead atoms. The molecule has 0 heterocycles. The first-order valence-electron chi connectivity index (χ1n) is 6.27. The molecule has 0 N–H and O–H groups in total. The molecule has 0 amide bonds. The molecule has 98 valence electrons. The molecular weight excluding hydrogens is 308 g/mol. The average Bonchev–Trinajstić information content (AvgIpc) is 2.76. The fourth-order valence-electron chi connectivity index (χ4n) is 2.26. The van der Waals surface area contributed by atoms with E-state index in [1.807, 2.05) is 20.8 Å². The van der Waals surface area contributed by atoms with Crippen molar-refractivity contribution in [2.24, 2.45) is 0 Å². The molecule has 1 nitrogen and oxygen atoms in total. The zero-order chi connectivity index (χ0) is 13.3. The van der Waals surface area contributed by atoms with Crippen LogP contribution in [0.3, 0.4) is 0 Å². The van der Waals surface area contributed by atoms with Gasteiger partial charge in [-0.3, -0.25) is 4.21 Å². The fraction of sp³-hybridized carbons (Fsp3) is 0.467. The maximum Gasteiger partial charge on any atom is 0.0545 e. The second-order valence-corrected chi connectivity index (χ2v) is 8.82. The maximum atomic E-state index is 12.6. The lowest BCUT2D eigenvalue weighted by Gasteiger charge is -2.23. The van der Waals surface area contributed by atoms with Crippen molar-refractivity contribution >= 4 is 26.7 Å². The molecule has 0 unspecified atom stereocenters. The summed E-state index contributed by atoms with van der Waals surface area (Å²) in [6.07, 6.45) is 4.30. The molecule has 0 saturated heterocycles. The first-order valence-corrected chi connectivity index (χ1v) is 8.21. The largest absolute Gasteiger partial charge is 0.254 e. The summed E-state index contributed by atoms with van der Waals surface area (Å²) in [5.41, 5.74) is 1.28. The van der Waals surface area contributed by atoms with Gasteiger partial charge in [0.15, 0.2) is 0 Å². The molecule has 0 aliphatic heterocycles. The van der Waals surface area contributed by atoms with Crippen molar-refractivity contribution < 1.29 is 4.21 Å². The summed E-state index contributed by atoms with van der Waals surface area (Å²) in [4.78, 5) is 1.12. The summed E-state index contributed by atoms with van der Waals surface area (Å²) < 4.78 is 13.5. The van der Waals surface area contributed by atoms with Crippen LogP contribution >= 0.6 is 15.9 Å². The smallest absolute Gasteiger partial charge is 0.0545 e. The van der Waals surface area contributed by atoms with Crippen LogP contribution < -0.4 is 0 Å². The van der Waals surface area contributed by atoms with Gasteiger partial charge in [-0.1, -0.05) is 34.1 Å². The molecule has 0 radical (unpaired) electrons. The van der Waals surface area contributed by atoms with Crippen LogP contribution in [0.4, 0.5) is 0 Å². The lowest BCUT2D eigenvalue weighted by molar-refractivity contribution is 0.649. The van der Waals surface area contributed by atoms with E-state index in [4.69, 9.17) is 0 Å². The summed E-state index contributed by atoms with van der Waals surface area (Å²) in [5.74, 6) is 0.332. The fourth-order valence-corrected chi connectivity index (χ4v) is 4.01. The molecule has 2 atom stereocenters. The van der Waals surface area contributed by atoms with Crippen molar-refractivity contribution in [1.29, 1.82) is 0 Å². The zero-order valence-electron chi connectivity index (χ0n) is 11.1. The third-order valence-electron chi connectivity index (χ3n) is 3.19. The number of hydrogen-bond donors (Lipinski definition) is 0. The average molecular weight is 327 g/mol. The quantitative estimate of drug-likeness (QED) is 0.765. The van der Waals surface area contributed by atoms with E-state index in [0.717, 1.165) is 22.2 Å². The molecule has 1 aliphatic carbocycles. The number of allylic oxidation sites excluding steroid dienone is 2. The highest BCUT2D eigenvalue weighted by molar-refractivity contribution is 9.10. The van der Waals surface area contributed by atoms with Gasteiger partial charge in [0.05, 0.1) is 10.8 Å². The molecule has 18 heavy (non-hydrogen) atoms. The Balaban J connectivity index is 2.28. The van der Waals surface area contributed by atoms with Crippen LogP contribution in [-0.4, -0.2) is 8.96 Å². The zero-order valence-corrected chi connectivity index (χ0v) is 13.5. The third-order valence-corrected chi connectivity index (χ3v) is 5.71. The molecule has 3 heteroatoms. The van der Waals surface area contributed by atoms with E-state index in [-0.39, 0.29) is 4.75 Å². The molecule has 0 spiro atoms. The lowest BCUT2D eigenvalue weighted by Crippen LogP contribution is -2.24. The Morgan fingerprint density at radius 3 is 2.39 bits per heavy atom. The molecule has 2 rings (SSSR count). The van der Waals surface area contributed by atoms with Crippen LogP contribution in [0.15, 0.2) is 39.7 Å². The van der Waals surface area contributed by atoms with Crippen molar-refractivity contribution in [3.05, 3.63) is 45.3 Å². The first-order chi connectivity index (χ1) is 8.39.